The number of carbonyl (C=O) groups is 4. The smallest absolute Gasteiger partial charge is 0.313 e. The number of carbonyl (C=O) groups excluding carboxylic acids is 4. The van der Waals surface area contributed by atoms with Crippen LogP contribution in [-0.2, 0) is 28.7 Å². The molecule has 3 amide bonds. The third-order valence-corrected chi connectivity index (χ3v) is 9.82. The van der Waals surface area contributed by atoms with Crippen LogP contribution >= 0.6 is 0 Å². The number of esters is 1. The van der Waals surface area contributed by atoms with Gasteiger partial charge in [0.15, 0.2) is 0 Å². The average molecular weight is 608 g/mol. The van der Waals surface area contributed by atoms with Crippen LogP contribution in [0.1, 0.15) is 64.5 Å². The van der Waals surface area contributed by atoms with Crippen molar-refractivity contribution >= 4 is 23.7 Å². The summed E-state index contributed by atoms with van der Waals surface area (Å²) in [6.07, 6.45) is 8.64. The van der Waals surface area contributed by atoms with Crippen LogP contribution in [0.3, 0.4) is 0 Å². The van der Waals surface area contributed by atoms with Crippen LogP contribution in [0.4, 0.5) is 0 Å². The molecule has 5 rings (SSSR count). The van der Waals surface area contributed by atoms with Gasteiger partial charge in [0.05, 0.1) is 30.7 Å². The normalized spacial score (nSPS) is 34.0. The standard InChI is InChI=1S/C34H45N3O7/c1-5-7-19-36-20-13-9-12-16-26(39)35(4)22(3)29(23-14-10-8-11-15-23)43-33(42)27-25-17-18-34(44-25)28(27)31(40)37(24(6-2)21-38)30(34)32(36)41/h8-11,13-15,17-18,22,24-25,27-30,38H,5-7,12,16,19-21H2,1-4H3/b13-9-/t22-,24-,25+,27-,28-,29+,30+,34-/m0/s1. The summed E-state index contributed by atoms with van der Waals surface area (Å²) >= 11 is 0. The minimum absolute atomic E-state index is 0.0907. The number of fused-ring (bicyclic) bond motifs is 2. The zero-order chi connectivity index (χ0) is 31.6. The number of unbranched alkanes of at least 4 members (excludes halogenated alkanes) is 1. The number of likely N-dealkylation sites (N-methyl/N-ethyl adjacent to an activating group) is 1. The molecule has 238 valence electrons. The molecule has 1 N–H and O–H groups in total. The first-order valence-electron chi connectivity index (χ1n) is 15.9. The molecule has 2 fully saturated rings. The van der Waals surface area contributed by atoms with Crippen molar-refractivity contribution in [2.24, 2.45) is 11.8 Å². The quantitative estimate of drug-likeness (QED) is 0.374. The van der Waals surface area contributed by atoms with E-state index in [4.69, 9.17) is 9.47 Å². The predicted octanol–water partition coefficient (Wildman–Crippen LogP) is 3.02. The molecule has 1 spiro atoms. The molecule has 0 saturated carbocycles. The van der Waals surface area contributed by atoms with Crippen LogP contribution in [0, 0.1) is 11.8 Å². The van der Waals surface area contributed by atoms with E-state index in [9.17, 15) is 24.3 Å². The highest BCUT2D eigenvalue weighted by Crippen LogP contribution is 2.56. The van der Waals surface area contributed by atoms with Gasteiger partial charge in [0.1, 0.15) is 23.7 Å². The highest BCUT2D eigenvalue weighted by atomic mass is 16.6. The summed E-state index contributed by atoms with van der Waals surface area (Å²) in [6.45, 7) is 6.22. The van der Waals surface area contributed by atoms with E-state index in [1.54, 1.807) is 29.0 Å². The van der Waals surface area contributed by atoms with E-state index < -0.39 is 53.7 Å². The Balaban J connectivity index is 1.61. The molecule has 10 nitrogen and oxygen atoms in total. The molecule has 0 aliphatic carbocycles. The van der Waals surface area contributed by atoms with Gasteiger partial charge < -0.3 is 29.3 Å². The first-order valence-corrected chi connectivity index (χ1v) is 15.9. The molecule has 8 atom stereocenters. The Morgan fingerprint density at radius 1 is 1.07 bits per heavy atom. The molecule has 5 bridgehead atoms. The number of hydrogen-bond acceptors (Lipinski definition) is 7. The Morgan fingerprint density at radius 3 is 2.50 bits per heavy atom. The fraction of sp³-hybridized carbons (Fsp3) is 0.588. The Kier molecular flexibility index (Phi) is 9.60. The van der Waals surface area contributed by atoms with Crippen molar-refractivity contribution in [1.29, 1.82) is 0 Å². The molecule has 4 heterocycles. The highest BCUT2D eigenvalue weighted by molar-refractivity contribution is 5.99. The van der Waals surface area contributed by atoms with Gasteiger partial charge in [-0.2, -0.15) is 0 Å². The molecule has 2 saturated heterocycles. The number of amides is 3. The van der Waals surface area contributed by atoms with Crippen molar-refractivity contribution < 1.29 is 33.8 Å². The molecule has 0 unspecified atom stereocenters. The maximum atomic E-state index is 14.5. The molecule has 0 radical (unpaired) electrons. The van der Waals surface area contributed by atoms with E-state index in [-0.39, 0.29) is 30.7 Å². The lowest BCUT2D eigenvalue weighted by atomic mass is 9.74. The van der Waals surface area contributed by atoms with Gasteiger partial charge in [-0.15, -0.1) is 0 Å². The van der Waals surface area contributed by atoms with Crippen LogP contribution in [0.5, 0.6) is 0 Å². The lowest BCUT2D eigenvalue weighted by Gasteiger charge is -2.38. The lowest BCUT2D eigenvalue weighted by Crippen LogP contribution is -2.58. The van der Waals surface area contributed by atoms with Crippen LogP contribution in [0.2, 0.25) is 0 Å². The van der Waals surface area contributed by atoms with Gasteiger partial charge in [-0.1, -0.05) is 74.9 Å². The maximum absolute atomic E-state index is 14.5. The van der Waals surface area contributed by atoms with Crippen molar-refractivity contribution in [3.8, 4) is 0 Å². The molecule has 4 aliphatic rings. The summed E-state index contributed by atoms with van der Waals surface area (Å²) in [6, 6.07) is 7.13. The van der Waals surface area contributed by atoms with Gasteiger partial charge in [-0.05, 0) is 31.7 Å². The van der Waals surface area contributed by atoms with Gasteiger partial charge in [-0.3, -0.25) is 19.2 Å². The number of ether oxygens (including phenoxy) is 2. The van der Waals surface area contributed by atoms with Gasteiger partial charge >= 0.3 is 5.97 Å². The Labute approximate surface area is 259 Å². The molecule has 1 aromatic carbocycles. The summed E-state index contributed by atoms with van der Waals surface area (Å²) in [5, 5.41) is 10.3. The van der Waals surface area contributed by atoms with Crippen molar-refractivity contribution in [2.75, 3.05) is 26.7 Å². The molecule has 10 heteroatoms. The number of allylic oxidation sites excluding steroid dienone is 1. The Morgan fingerprint density at radius 2 is 1.82 bits per heavy atom. The second kappa shape index (κ2) is 13.2. The first kappa shape index (κ1) is 31.9. The van der Waals surface area contributed by atoms with Gasteiger partial charge in [0.2, 0.25) is 17.7 Å². The van der Waals surface area contributed by atoms with Gasteiger partial charge in [0.25, 0.3) is 0 Å². The van der Waals surface area contributed by atoms with Crippen molar-refractivity contribution in [3.05, 3.63) is 60.2 Å². The largest absolute Gasteiger partial charge is 0.455 e. The molecular weight excluding hydrogens is 562 g/mol. The Bertz CT molecular complexity index is 1290. The molecule has 4 aliphatic heterocycles. The fourth-order valence-electron chi connectivity index (χ4n) is 7.20. The third-order valence-electron chi connectivity index (χ3n) is 9.82. The molecular formula is C34H45N3O7. The number of hydrogen-bond donors (Lipinski definition) is 1. The summed E-state index contributed by atoms with van der Waals surface area (Å²) in [4.78, 5) is 61.1. The van der Waals surface area contributed by atoms with E-state index in [0.717, 1.165) is 18.4 Å². The summed E-state index contributed by atoms with van der Waals surface area (Å²) in [7, 11) is 1.71. The lowest BCUT2D eigenvalue weighted by molar-refractivity contribution is -0.164. The van der Waals surface area contributed by atoms with E-state index in [1.807, 2.05) is 63.3 Å². The number of likely N-dealkylation sites (tertiary alicyclic amines) is 1. The number of cyclic esters (lactones) is 1. The highest BCUT2D eigenvalue weighted by Gasteiger charge is 2.74. The monoisotopic (exact) mass is 607 g/mol. The summed E-state index contributed by atoms with van der Waals surface area (Å²) in [5.74, 6) is -3.33. The molecule has 0 aromatic heterocycles. The third kappa shape index (κ3) is 5.47. The van der Waals surface area contributed by atoms with Gasteiger partial charge in [0, 0.05) is 26.6 Å². The number of benzene rings is 1. The van der Waals surface area contributed by atoms with Crippen LogP contribution in [-0.4, -0.2) is 100 Å². The summed E-state index contributed by atoms with van der Waals surface area (Å²) < 4.78 is 12.8. The summed E-state index contributed by atoms with van der Waals surface area (Å²) in [5.41, 5.74) is -0.626. The van der Waals surface area contributed by atoms with E-state index in [1.165, 1.54) is 4.90 Å². The fourth-order valence-corrected chi connectivity index (χ4v) is 7.20. The predicted molar refractivity (Wildman–Crippen MR) is 163 cm³/mol. The van der Waals surface area contributed by atoms with E-state index in [0.29, 0.717) is 25.9 Å². The first-order chi connectivity index (χ1) is 21.2. The van der Waals surface area contributed by atoms with Crippen LogP contribution < -0.4 is 0 Å². The zero-order valence-electron chi connectivity index (χ0n) is 26.1. The van der Waals surface area contributed by atoms with Gasteiger partial charge in [-0.25, -0.2) is 0 Å². The number of rotatable bonds is 7. The number of aliphatic hydroxyl groups excluding tert-OH is 1. The van der Waals surface area contributed by atoms with E-state index >= 15 is 0 Å². The minimum atomic E-state index is -1.35. The van der Waals surface area contributed by atoms with Crippen molar-refractivity contribution in [3.63, 3.8) is 0 Å². The number of nitrogens with zero attached hydrogens (tertiary/aromatic N) is 3. The Hall–Kier alpha value is -3.50. The van der Waals surface area contributed by atoms with E-state index in [2.05, 4.69) is 0 Å². The average Bonchev–Trinajstić information content (AvgIpc) is 3.68. The zero-order valence-corrected chi connectivity index (χ0v) is 26.1. The van der Waals surface area contributed by atoms with Crippen molar-refractivity contribution in [1.82, 2.24) is 14.7 Å². The second-order valence-corrected chi connectivity index (χ2v) is 12.4. The maximum Gasteiger partial charge on any atom is 0.313 e. The molecule has 1 aromatic rings. The minimum Gasteiger partial charge on any atom is -0.455 e. The number of aliphatic hydroxyl groups is 1. The van der Waals surface area contributed by atoms with Crippen LogP contribution in [0.15, 0.2) is 54.6 Å². The topological polar surface area (TPSA) is 117 Å². The van der Waals surface area contributed by atoms with Crippen LogP contribution in [0.25, 0.3) is 0 Å². The second-order valence-electron chi connectivity index (χ2n) is 12.4. The van der Waals surface area contributed by atoms with Crippen molar-refractivity contribution in [2.45, 2.75) is 88.8 Å². The molecule has 44 heavy (non-hydrogen) atoms. The SMILES string of the molecule is CCCCN1C/C=C\CCC(=O)N(C)[C@@H](C)[C@H](c2ccccc2)OC(=O)[C@@H]2[C@H]3C(=O)N([C@@H](CC)CO)[C@H](C1=O)[C@]31C=C[C@H]2O1.